The Labute approximate surface area is 141 Å². The Morgan fingerprint density at radius 3 is 2.79 bits per heavy atom. The van der Waals surface area contributed by atoms with Crippen LogP contribution >= 0.6 is 0 Å². The molecular weight excluding hydrogens is 304 g/mol. The summed E-state index contributed by atoms with van der Waals surface area (Å²) < 4.78 is 1.74. The molecule has 1 fully saturated rings. The van der Waals surface area contributed by atoms with Gasteiger partial charge in [-0.2, -0.15) is 5.10 Å². The molecule has 0 aliphatic carbocycles. The van der Waals surface area contributed by atoms with E-state index in [0.29, 0.717) is 12.6 Å². The van der Waals surface area contributed by atoms with Crippen LogP contribution in [0.25, 0.3) is 0 Å². The van der Waals surface area contributed by atoms with Gasteiger partial charge in [0, 0.05) is 62.6 Å². The Bertz CT molecular complexity index is 756. The van der Waals surface area contributed by atoms with Gasteiger partial charge in [0.15, 0.2) is 5.69 Å². The summed E-state index contributed by atoms with van der Waals surface area (Å²) in [5.74, 6) is -0.925. The van der Waals surface area contributed by atoms with Crippen molar-refractivity contribution in [2.45, 2.75) is 25.4 Å². The van der Waals surface area contributed by atoms with Gasteiger partial charge >= 0.3 is 5.97 Å². The molecule has 0 saturated carbocycles. The van der Waals surface area contributed by atoms with Gasteiger partial charge in [0.2, 0.25) is 0 Å². The number of anilines is 1. The number of rotatable bonds is 3. The van der Waals surface area contributed by atoms with Crippen molar-refractivity contribution in [2.75, 3.05) is 24.5 Å². The first-order valence-corrected chi connectivity index (χ1v) is 8.45. The van der Waals surface area contributed by atoms with Crippen LogP contribution in [0.2, 0.25) is 0 Å². The quantitative estimate of drug-likeness (QED) is 0.931. The van der Waals surface area contributed by atoms with Crippen LogP contribution in [-0.4, -0.2) is 51.4 Å². The molecule has 2 aromatic rings. The second kappa shape index (κ2) is 5.94. The molecule has 126 valence electrons. The summed E-state index contributed by atoms with van der Waals surface area (Å²) in [6.07, 6.45) is 1.99. The van der Waals surface area contributed by atoms with Crippen LogP contribution < -0.4 is 4.90 Å². The Morgan fingerprint density at radius 1 is 1.25 bits per heavy atom. The number of carbonyl (C=O) groups is 1. The van der Waals surface area contributed by atoms with Crippen LogP contribution in [0.5, 0.6) is 0 Å². The first-order chi connectivity index (χ1) is 11.6. The number of nitrogens with zero attached hydrogens (tertiary/aromatic N) is 4. The van der Waals surface area contributed by atoms with Crippen molar-refractivity contribution < 1.29 is 9.90 Å². The van der Waals surface area contributed by atoms with Crippen molar-refractivity contribution >= 4 is 11.7 Å². The normalized spacial score (nSPS) is 21.0. The van der Waals surface area contributed by atoms with E-state index in [2.05, 4.69) is 39.2 Å². The monoisotopic (exact) mass is 326 g/mol. The van der Waals surface area contributed by atoms with E-state index in [4.69, 9.17) is 0 Å². The fraction of sp³-hybridized carbons (Fsp3) is 0.444. The molecule has 2 aliphatic rings. The van der Waals surface area contributed by atoms with Gasteiger partial charge in [0.25, 0.3) is 0 Å². The summed E-state index contributed by atoms with van der Waals surface area (Å²) in [5, 5.41) is 13.6. The number of para-hydroxylation sites is 1. The van der Waals surface area contributed by atoms with Gasteiger partial charge in [0.1, 0.15) is 0 Å². The Kier molecular flexibility index (Phi) is 3.76. The average molecular weight is 326 g/mol. The topological polar surface area (TPSA) is 61.6 Å². The summed E-state index contributed by atoms with van der Waals surface area (Å²) in [6, 6.07) is 11.0. The maximum atomic E-state index is 11.4. The molecule has 0 spiro atoms. The zero-order chi connectivity index (χ0) is 16.7. The number of aryl methyl sites for hydroxylation is 1. The fourth-order valence-electron chi connectivity index (χ4n) is 4.01. The molecule has 3 heterocycles. The number of carboxylic acids is 1. The molecule has 4 rings (SSSR count). The smallest absolute Gasteiger partial charge is 0.356 e. The van der Waals surface area contributed by atoms with Crippen molar-refractivity contribution in [1.29, 1.82) is 0 Å². The maximum absolute atomic E-state index is 11.4. The molecule has 6 nitrogen and oxygen atoms in total. The third-order valence-electron chi connectivity index (χ3n) is 5.28. The highest BCUT2D eigenvalue weighted by atomic mass is 16.4. The minimum Gasteiger partial charge on any atom is -0.476 e. The largest absolute Gasteiger partial charge is 0.476 e. The third kappa shape index (κ3) is 2.57. The number of aromatic nitrogens is 2. The standard InChI is InChI=1S/C18H22N4O2/c1-20-16-8-10-22(12-15(16)17(19-20)18(23)24)14-7-9-21(11-14)13-5-3-2-4-6-13/h2-6,14H,7-12H2,1H3,(H,23,24). The van der Waals surface area contributed by atoms with E-state index in [1.807, 2.05) is 13.1 Å². The van der Waals surface area contributed by atoms with Crippen LogP contribution in [0.1, 0.15) is 28.2 Å². The number of aromatic carboxylic acids is 1. The molecule has 2 aliphatic heterocycles. The minimum atomic E-state index is -0.925. The molecule has 6 heteroatoms. The van der Waals surface area contributed by atoms with E-state index in [1.54, 1.807) is 4.68 Å². The molecule has 1 aromatic carbocycles. The highest BCUT2D eigenvalue weighted by molar-refractivity contribution is 5.87. The first-order valence-electron chi connectivity index (χ1n) is 8.45. The van der Waals surface area contributed by atoms with E-state index in [9.17, 15) is 9.90 Å². The molecule has 1 atom stereocenters. The number of hydrogen-bond acceptors (Lipinski definition) is 4. The molecule has 1 saturated heterocycles. The Balaban J connectivity index is 1.50. The van der Waals surface area contributed by atoms with Crippen LogP contribution in [0.15, 0.2) is 30.3 Å². The van der Waals surface area contributed by atoms with Crippen molar-refractivity contribution in [3.05, 3.63) is 47.3 Å². The van der Waals surface area contributed by atoms with E-state index in [1.165, 1.54) is 5.69 Å². The van der Waals surface area contributed by atoms with Gasteiger partial charge in [-0.1, -0.05) is 18.2 Å². The van der Waals surface area contributed by atoms with E-state index in [0.717, 1.165) is 43.7 Å². The zero-order valence-electron chi connectivity index (χ0n) is 13.9. The molecular formula is C18H22N4O2. The van der Waals surface area contributed by atoms with Gasteiger partial charge in [-0.05, 0) is 18.6 Å². The molecule has 0 radical (unpaired) electrons. The summed E-state index contributed by atoms with van der Waals surface area (Å²) in [6.45, 7) is 3.72. The maximum Gasteiger partial charge on any atom is 0.356 e. The lowest BCUT2D eigenvalue weighted by Crippen LogP contribution is -2.41. The summed E-state index contributed by atoms with van der Waals surface area (Å²) in [4.78, 5) is 16.3. The average Bonchev–Trinajstić information content (AvgIpc) is 3.21. The van der Waals surface area contributed by atoms with Crippen molar-refractivity contribution in [1.82, 2.24) is 14.7 Å². The first kappa shape index (κ1) is 15.2. The summed E-state index contributed by atoms with van der Waals surface area (Å²) in [7, 11) is 1.84. The Morgan fingerprint density at radius 2 is 2.04 bits per heavy atom. The predicted octanol–water partition coefficient (Wildman–Crippen LogP) is 1.76. The van der Waals surface area contributed by atoms with Gasteiger partial charge < -0.3 is 10.0 Å². The van der Waals surface area contributed by atoms with Crippen LogP contribution in [0.4, 0.5) is 5.69 Å². The fourth-order valence-corrected chi connectivity index (χ4v) is 4.01. The molecule has 1 N–H and O–H groups in total. The van der Waals surface area contributed by atoms with Crippen LogP contribution in [-0.2, 0) is 20.0 Å². The SMILES string of the molecule is Cn1nc(C(=O)O)c2c1CCN(C1CCN(c3ccccc3)C1)C2. The highest BCUT2D eigenvalue weighted by Crippen LogP contribution is 2.28. The number of benzene rings is 1. The highest BCUT2D eigenvalue weighted by Gasteiger charge is 2.33. The lowest BCUT2D eigenvalue weighted by atomic mass is 10.0. The van der Waals surface area contributed by atoms with Crippen molar-refractivity contribution in [3.63, 3.8) is 0 Å². The van der Waals surface area contributed by atoms with Crippen LogP contribution in [0.3, 0.4) is 0 Å². The van der Waals surface area contributed by atoms with Gasteiger partial charge in [-0.25, -0.2) is 4.79 Å². The Hall–Kier alpha value is -2.34. The van der Waals surface area contributed by atoms with Crippen molar-refractivity contribution in [3.8, 4) is 0 Å². The molecule has 1 unspecified atom stereocenters. The van der Waals surface area contributed by atoms with Gasteiger partial charge in [-0.15, -0.1) is 0 Å². The number of fused-ring (bicyclic) bond motifs is 1. The second-order valence-electron chi connectivity index (χ2n) is 6.65. The molecule has 0 bridgehead atoms. The second-order valence-corrected chi connectivity index (χ2v) is 6.65. The minimum absolute atomic E-state index is 0.218. The summed E-state index contributed by atoms with van der Waals surface area (Å²) in [5.41, 5.74) is 3.45. The number of hydrogen-bond donors (Lipinski definition) is 1. The predicted molar refractivity (Wildman–Crippen MR) is 91.3 cm³/mol. The van der Waals surface area contributed by atoms with Crippen LogP contribution in [0, 0.1) is 0 Å². The molecule has 0 amide bonds. The third-order valence-corrected chi connectivity index (χ3v) is 5.28. The van der Waals surface area contributed by atoms with Gasteiger partial charge in [0.05, 0.1) is 0 Å². The molecule has 24 heavy (non-hydrogen) atoms. The lowest BCUT2D eigenvalue weighted by molar-refractivity contribution is 0.0686. The zero-order valence-corrected chi connectivity index (χ0v) is 13.9. The van der Waals surface area contributed by atoms with Gasteiger partial charge in [-0.3, -0.25) is 9.58 Å². The molecule has 1 aromatic heterocycles. The van der Waals surface area contributed by atoms with Crippen molar-refractivity contribution in [2.24, 2.45) is 7.05 Å². The van der Waals surface area contributed by atoms with E-state index in [-0.39, 0.29) is 5.69 Å². The van der Waals surface area contributed by atoms with E-state index < -0.39 is 5.97 Å². The van der Waals surface area contributed by atoms with E-state index >= 15 is 0 Å². The summed E-state index contributed by atoms with van der Waals surface area (Å²) >= 11 is 0. The number of carboxylic acid groups (broad SMARTS) is 1. The lowest BCUT2D eigenvalue weighted by Gasteiger charge is -2.32.